The molecule has 0 bridgehead atoms. The molecule has 1 amide bonds. The topological polar surface area (TPSA) is 38.3 Å². The Morgan fingerprint density at radius 3 is 2.57 bits per heavy atom. The highest BCUT2D eigenvalue weighted by Crippen LogP contribution is 2.16. The summed E-state index contributed by atoms with van der Waals surface area (Å²) < 4.78 is 31.6. The number of hydrogen-bond acceptors (Lipinski definition) is 2. The zero-order chi connectivity index (χ0) is 16.7. The van der Waals surface area contributed by atoms with Crippen LogP contribution in [0.5, 0.6) is 5.75 Å². The van der Waals surface area contributed by atoms with Crippen LogP contribution in [0.4, 0.5) is 8.78 Å². The first kappa shape index (κ1) is 16.9. The maximum Gasteiger partial charge on any atom is 0.220 e. The van der Waals surface area contributed by atoms with Gasteiger partial charge in [-0.3, -0.25) is 4.79 Å². The van der Waals surface area contributed by atoms with Crippen LogP contribution in [0.15, 0.2) is 48.5 Å². The van der Waals surface area contributed by atoms with Crippen LogP contribution in [-0.4, -0.2) is 12.5 Å². The number of hydrogen-bond donors (Lipinski definition) is 1. The van der Waals surface area contributed by atoms with Gasteiger partial charge in [-0.05, 0) is 43.2 Å². The minimum atomic E-state index is -0.917. The molecular weight excluding hydrogens is 300 g/mol. The van der Waals surface area contributed by atoms with Crippen molar-refractivity contribution in [1.82, 2.24) is 5.32 Å². The summed E-state index contributed by atoms with van der Waals surface area (Å²) in [5, 5.41) is 2.76. The molecule has 1 unspecified atom stereocenters. The van der Waals surface area contributed by atoms with Gasteiger partial charge in [0.1, 0.15) is 5.75 Å². The molecule has 2 aromatic rings. The maximum atomic E-state index is 13.2. The summed E-state index contributed by atoms with van der Waals surface area (Å²) in [7, 11) is 0. The fraction of sp³-hybridized carbons (Fsp3) is 0.278. The number of rotatable bonds is 7. The fourth-order valence-electron chi connectivity index (χ4n) is 2.12. The molecule has 1 N–H and O–H groups in total. The highest BCUT2D eigenvalue weighted by molar-refractivity contribution is 5.76. The van der Waals surface area contributed by atoms with E-state index in [0.29, 0.717) is 25.0 Å². The lowest BCUT2D eigenvalue weighted by Crippen LogP contribution is -2.26. The van der Waals surface area contributed by atoms with Gasteiger partial charge < -0.3 is 10.1 Å². The highest BCUT2D eigenvalue weighted by atomic mass is 19.2. The molecule has 0 radical (unpaired) electrons. The number of halogens is 2. The van der Waals surface area contributed by atoms with Crippen LogP contribution in [0, 0.1) is 11.6 Å². The van der Waals surface area contributed by atoms with Crippen molar-refractivity contribution in [2.75, 3.05) is 6.61 Å². The second-order valence-corrected chi connectivity index (χ2v) is 5.23. The predicted molar refractivity (Wildman–Crippen MR) is 84.1 cm³/mol. The highest BCUT2D eigenvalue weighted by Gasteiger charge is 2.11. The van der Waals surface area contributed by atoms with Crippen LogP contribution in [0.2, 0.25) is 0 Å². The maximum absolute atomic E-state index is 13.2. The molecule has 0 aromatic heterocycles. The molecule has 0 aliphatic heterocycles. The molecule has 0 heterocycles. The minimum Gasteiger partial charge on any atom is -0.494 e. The average molecular weight is 319 g/mol. The van der Waals surface area contributed by atoms with E-state index in [9.17, 15) is 13.6 Å². The molecule has 5 heteroatoms. The molecule has 122 valence electrons. The number of para-hydroxylation sites is 1. The molecule has 0 fully saturated rings. The summed E-state index contributed by atoms with van der Waals surface area (Å²) in [6.07, 6.45) is 0.881. The molecule has 0 saturated heterocycles. The van der Waals surface area contributed by atoms with E-state index in [4.69, 9.17) is 4.74 Å². The predicted octanol–water partition coefficient (Wildman–Crippen LogP) is 4.00. The SMILES string of the molecule is CC(NC(=O)CCCOc1ccccc1)c1ccc(F)c(F)c1. The molecule has 2 rings (SSSR count). The van der Waals surface area contributed by atoms with E-state index in [1.807, 2.05) is 30.3 Å². The number of nitrogens with one attached hydrogen (secondary N) is 1. The summed E-state index contributed by atoms with van der Waals surface area (Å²) >= 11 is 0. The van der Waals surface area contributed by atoms with Crippen LogP contribution in [-0.2, 0) is 4.79 Å². The summed E-state index contributed by atoms with van der Waals surface area (Å²) in [6, 6.07) is 12.6. The van der Waals surface area contributed by atoms with Gasteiger partial charge in [0.2, 0.25) is 5.91 Å². The first-order valence-electron chi connectivity index (χ1n) is 7.48. The zero-order valence-corrected chi connectivity index (χ0v) is 12.9. The number of benzene rings is 2. The molecule has 0 saturated carbocycles. The van der Waals surface area contributed by atoms with Crippen molar-refractivity contribution in [2.45, 2.75) is 25.8 Å². The Morgan fingerprint density at radius 2 is 1.87 bits per heavy atom. The van der Waals surface area contributed by atoms with Crippen LogP contribution in [0.1, 0.15) is 31.4 Å². The monoisotopic (exact) mass is 319 g/mol. The van der Waals surface area contributed by atoms with E-state index in [2.05, 4.69) is 5.32 Å². The Bertz CT molecular complexity index is 647. The van der Waals surface area contributed by atoms with Crippen LogP contribution < -0.4 is 10.1 Å². The Hall–Kier alpha value is -2.43. The van der Waals surface area contributed by atoms with Crippen molar-refractivity contribution in [3.8, 4) is 5.75 Å². The minimum absolute atomic E-state index is 0.154. The Kier molecular flexibility index (Phi) is 6.09. The van der Waals surface area contributed by atoms with Crippen molar-refractivity contribution >= 4 is 5.91 Å². The van der Waals surface area contributed by atoms with Gasteiger partial charge in [0.25, 0.3) is 0 Å². The van der Waals surface area contributed by atoms with E-state index in [1.165, 1.54) is 6.07 Å². The Morgan fingerprint density at radius 1 is 1.13 bits per heavy atom. The normalized spacial score (nSPS) is 11.8. The third-order valence-electron chi connectivity index (χ3n) is 3.38. The van der Waals surface area contributed by atoms with E-state index in [1.54, 1.807) is 6.92 Å². The lowest BCUT2D eigenvalue weighted by atomic mass is 10.1. The first-order chi connectivity index (χ1) is 11.1. The first-order valence-corrected chi connectivity index (χ1v) is 7.48. The van der Waals surface area contributed by atoms with Gasteiger partial charge >= 0.3 is 0 Å². The third kappa shape index (κ3) is 5.36. The number of ether oxygens (including phenoxy) is 1. The summed E-state index contributed by atoms with van der Waals surface area (Å²) in [6.45, 7) is 2.17. The summed E-state index contributed by atoms with van der Waals surface area (Å²) in [4.78, 5) is 11.9. The molecule has 0 aliphatic carbocycles. The number of carbonyl (C=O) groups is 1. The average Bonchev–Trinajstić information content (AvgIpc) is 2.55. The summed E-state index contributed by atoms with van der Waals surface area (Å²) in [5.74, 6) is -1.20. The van der Waals surface area contributed by atoms with Crippen molar-refractivity contribution in [1.29, 1.82) is 0 Å². The van der Waals surface area contributed by atoms with Crippen LogP contribution in [0.3, 0.4) is 0 Å². The van der Waals surface area contributed by atoms with Gasteiger partial charge in [-0.15, -0.1) is 0 Å². The largest absolute Gasteiger partial charge is 0.494 e. The second kappa shape index (κ2) is 8.27. The molecule has 23 heavy (non-hydrogen) atoms. The van der Waals surface area contributed by atoms with Crippen molar-refractivity contribution < 1.29 is 18.3 Å². The molecule has 0 spiro atoms. The third-order valence-corrected chi connectivity index (χ3v) is 3.38. The van der Waals surface area contributed by atoms with Gasteiger partial charge in [-0.25, -0.2) is 8.78 Å². The van der Waals surface area contributed by atoms with Gasteiger partial charge in [-0.2, -0.15) is 0 Å². The standard InChI is InChI=1S/C18H19F2NO2/c1-13(14-9-10-16(19)17(20)12-14)21-18(22)8-5-11-23-15-6-3-2-4-7-15/h2-4,6-7,9-10,12-13H,5,8,11H2,1H3,(H,21,22). The lowest BCUT2D eigenvalue weighted by molar-refractivity contribution is -0.121. The molecule has 0 aliphatic rings. The van der Waals surface area contributed by atoms with E-state index in [0.717, 1.165) is 17.9 Å². The van der Waals surface area contributed by atoms with Crippen LogP contribution in [0.25, 0.3) is 0 Å². The van der Waals surface area contributed by atoms with Gasteiger partial charge in [-0.1, -0.05) is 24.3 Å². The summed E-state index contributed by atoms with van der Waals surface area (Å²) in [5.41, 5.74) is 0.526. The molecular formula is C18H19F2NO2. The zero-order valence-electron chi connectivity index (χ0n) is 12.9. The van der Waals surface area contributed by atoms with Crippen molar-refractivity contribution in [3.05, 3.63) is 65.7 Å². The van der Waals surface area contributed by atoms with E-state index in [-0.39, 0.29) is 11.9 Å². The number of carbonyl (C=O) groups excluding carboxylic acids is 1. The van der Waals surface area contributed by atoms with Gasteiger partial charge in [0.15, 0.2) is 11.6 Å². The van der Waals surface area contributed by atoms with Gasteiger partial charge in [0.05, 0.1) is 12.6 Å². The lowest BCUT2D eigenvalue weighted by Gasteiger charge is -2.14. The quantitative estimate of drug-likeness (QED) is 0.783. The molecule has 1 atom stereocenters. The Balaban J connectivity index is 1.72. The van der Waals surface area contributed by atoms with E-state index >= 15 is 0 Å². The van der Waals surface area contributed by atoms with Gasteiger partial charge in [0, 0.05) is 6.42 Å². The van der Waals surface area contributed by atoms with Crippen LogP contribution >= 0.6 is 0 Å². The fourth-order valence-corrected chi connectivity index (χ4v) is 2.12. The Labute approximate surface area is 134 Å². The molecule has 2 aromatic carbocycles. The van der Waals surface area contributed by atoms with Crippen molar-refractivity contribution in [2.24, 2.45) is 0 Å². The second-order valence-electron chi connectivity index (χ2n) is 5.23. The smallest absolute Gasteiger partial charge is 0.220 e. The molecule has 3 nitrogen and oxygen atoms in total. The van der Waals surface area contributed by atoms with Crippen molar-refractivity contribution in [3.63, 3.8) is 0 Å². The number of amides is 1. The van der Waals surface area contributed by atoms with E-state index < -0.39 is 11.6 Å².